The number of hydrogen-bond donors (Lipinski definition) is 3. The van der Waals surface area contributed by atoms with Crippen LogP contribution in [0, 0.1) is 0 Å². The normalized spacial score (nSPS) is 11.4. The van der Waals surface area contributed by atoms with E-state index >= 15 is 0 Å². The van der Waals surface area contributed by atoms with Gasteiger partial charge in [0, 0.05) is 40.3 Å². The molecule has 2 amide bonds. The van der Waals surface area contributed by atoms with Crippen LogP contribution in [0.4, 0.5) is 0 Å². The summed E-state index contributed by atoms with van der Waals surface area (Å²) in [6.07, 6.45) is 2.74. The Kier molecular flexibility index (Phi) is 5.31. The lowest BCUT2D eigenvalue weighted by Gasteiger charge is -2.20. The average Bonchev–Trinajstić information content (AvgIpc) is 3.04. The van der Waals surface area contributed by atoms with Crippen molar-refractivity contribution in [2.45, 2.75) is 32.7 Å². The number of amides is 2. The van der Waals surface area contributed by atoms with Crippen LogP contribution in [0.15, 0.2) is 54.7 Å². The van der Waals surface area contributed by atoms with Crippen LogP contribution >= 0.6 is 0 Å². The summed E-state index contributed by atoms with van der Waals surface area (Å²) in [4.78, 5) is 27.7. The van der Waals surface area contributed by atoms with Crippen molar-refractivity contribution in [3.05, 3.63) is 71.4 Å². The van der Waals surface area contributed by atoms with E-state index in [9.17, 15) is 9.59 Å². The highest BCUT2D eigenvalue weighted by Crippen LogP contribution is 2.17. The molecular weight excluding hydrogens is 338 g/mol. The van der Waals surface area contributed by atoms with E-state index in [1.807, 2.05) is 45.2 Å². The van der Waals surface area contributed by atoms with Gasteiger partial charge in [0.1, 0.15) is 0 Å². The number of rotatable bonds is 5. The summed E-state index contributed by atoms with van der Waals surface area (Å²) in [5.74, 6) is -0.286. The zero-order valence-corrected chi connectivity index (χ0v) is 15.9. The van der Waals surface area contributed by atoms with Gasteiger partial charge >= 0.3 is 0 Å². The molecule has 2 aromatic carbocycles. The van der Waals surface area contributed by atoms with Crippen molar-refractivity contribution in [2.24, 2.45) is 0 Å². The summed E-state index contributed by atoms with van der Waals surface area (Å²) < 4.78 is 0. The first-order valence-corrected chi connectivity index (χ1v) is 9.09. The van der Waals surface area contributed by atoms with Crippen molar-refractivity contribution in [2.75, 3.05) is 6.54 Å². The van der Waals surface area contributed by atoms with E-state index in [4.69, 9.17) is 0 Å². The molecule has 5 nitrogen and oxygen atoms in total. The summed E-state index contributed by atoms with van der Waals surface area (Å²) in [5.41, 5.74) is 3.07. The first-order chi connectivity index (χ1) is 12.8. The molecule has 0 saturated carbocycles. The lowest BCUT2D eigenvalue weighted by Crippen LogP contribution is -2.40. The quantitative estimate of drug-likeness (QED) is 0.647. The number of carbonyl (C=O) groups excluding carboxylic acids is 2. The Morgan fingerprint density at radius 2 is 1.56 bits per heavy atom. The minimum Gasteiger partial charge on any atom is -0.361 e. The van der Waals surface area contributed by atoms with Crippen molar-refractivity contribution in [3.8, 4) is 0 Å². The van der Waals surface area contributed by atoms with Crippen molar-refractivity contribution >= 4 is 22.7 Å². The lowest BCUT2D eigenvalue weighted by atomic mass is 10.1. The molecule has 0 aliphatic carbocycles. The van der Waals surface area contributed by atoms with Crippen molar-refractivity contribution in [1.29, 1.82) is 0 Å². The summed E-state index contributed by atoms with van der Waals surface area (Å²) in [5, 5.41) is 7.02. The molecule has 1 aromatic heterocycles. The van der Waals surface area contributed by atoms with Gasteiger partial charge < -0.3 is 15.6 Å². The highest BCUT2D eigenvalue weighted by Gasteiger charge is 2.15. The maximum Gasteiger partial charge on any atom is 0.251 e. The third-order valence-electron chi connectivity index (χ3n) is 4.25. The van der Waals surface area contributed by atoms with Gasteiger partial charge in [-0.2, -0.15) is 0 Å². The Balaban J connectivity index is 1.56. The number of benzene rings is 2. The molecule has 1 heterocycles. The highest BCUT2D eigenvalue weighted by atomic mass is 16.2. The van der Waals surface area contributed by atoms with E-state index in [0.717, 1.165) is 11.9 Å². The third-order valence-corrected chi connectivity index (χ3v) is 4.25. The van der Waals surface area contributed by atoms with Crippen LogP contribution in [0.25, 0.3) is 10.9 Å². The van der Waals surface area contributed by atoms with Crippen LogP contribution in [-0.4, -0.2) is 28.9 Å². The van der Waals surface area contributed by atoms with Gasteiger partial charge in [-0.1, -0.05) is 18.2 Å². The standard InChI is InChI=1S/C22H25N3O2/c1-22(2,3)25-21(27)16-10-8-15(9-11-16)20(26)23-13-12-17-14-24-19-7-5-4-6-18(17)19/h4-11,14,24H,12-13H2,1-3H3,(H,23,26)(H,25,27). The Bertz CT molecular complexity index is 950. The second-order valence-corrected chi connectivity index (χ2v) is 7.65. The Morgan fingerprint density at radius 1 is 0.926 bits per heavy atom. The number of aromatic amines is 1. The minimum absolute atomic E-state index is 0.141. The predicted octanol–water partition coefficient (Wildman–Crippen LogP) is 3.67. The molecule has 0 unspecified atom stereocenters. The van der Waals surface area contributed by atoms with E-state index < -0.39 is 0 Å². The second-order valence-electron chi connectivity index (χ2n) is 7.65. The van der Waals surface area contributed by atoms with Crippen LogP contribution in [0.2, 0.25) is 0 Å². The fraction of sp³-hybridized carbons (Fsp3) is 0.273. The Morgan fingerprint density at radius 3 is 2.22 bits per heavy atom. The molecule has 5 heteroatoms. The van der Waals surface area contributed by atoms with Gasteiger partial charge in [-0.05, 0) is 63.1 Å². The van der Waals surface area contributed by atoms with E-state index in [0.29, 0.717) is 17.7 Å². The van der Waals surface area contributed by atoms with Crippen LogP contribution in [0.3, 0.4) is 0 Å². The minimum atomic E-state index is -0.296. The molecule has 140 valence electrons. The van der Waals surface area contributed by atoms with Gasteiger partial charge in [0.15, 0.2) is 0 Å². The van der Waals surface area contributed by atoms with Crippen LogP contribution in [-0.2, 0) is 6.42 Å². The van der Waals surface area contributed by atoms with Crippen molar-refractivity contribution in [3.63, 3.8) is 0 Å². The van der Waals surface area contributed by atoms with Gasteiger partial charge in [0.25, 0.3) is 11.8 Å². The first kappa shape index (κ1) is 18.7. The molecule has 0 radical (unpaired) electrons. The molecule has 0 spiro atoms. The molecule has 0 fully saturated rings. The fourth-order valence-corrected chi connectivity index (χ4v) is 2.94. The van der Waals surface area contributed by atoms with Gasteiger partial charge in [0.05, 0.1) is 0 Å². The van der Waals surface area contributed by atoms with Gasteiger partial charge in [-0.15, -0.1) is 0 Å². The maximum atomic E-state index is 12.3. The molecule has 0 aliphatic heterocycles. The summed E-state index contributed by atoms with van der Waals surface area (Å²) in [7, 11) is 0. The zero-order chi connectivity index (χ0) is 19.4. The monoisotopic (exact) mass is 363 g/mol. The van der Waals surface area contributed by atoms with Crippen LogP contribution in [0.5, 0.6) is 0 Å². The number of aromatic nitrogens is 1. The molecule has 0 aliphatic rings. The smallest absolute Gasteiger partial charge is 0.251 e. The number of carbonyl (C=O) groups is 2. The predicted molar refractivity (Wildman–Crippen MR) is 108 cm³/mol. The van der Waals surface area contributed by atoms with Crippen LogP contribution < -0.4 is 10.6 Å². The molecule has 0 saturated heterocycles. The summed E-state index contributed by atoms with van der Waals surface area (Å²) >= 11 is 0. The Hall–Kier alpha value is -3.08. The molecule has 3 aromatic rings. The van der Waals surface area contributed by atoms with Crippen LogP contribution in [0.1, 0.15) is 47.1 Å². The molecule has 0 atom stereocenters. The Labute approximate surface area is 159 Å². The third kappa shape index (κ3) is 4.76. The molecule has 27 heavy (non-hydrogen) atoms. The fourth-order valence-electron chi connectivity index (χ4n) is 2.94. The number of fused-ring (bicyclic) bond motifs is 1. The van der Waals surface area contributed by atoms with Gasteiger partial charge in [-0.3, -0.25) is 9.59 Å². The molecule has 3 N–H and O–H groups in total. The largest absolute Gasteiger partial charge is 0.361 e. The number of para-hydroxylation sites is 1. The van der Waals surface area contributed by atoms with Crippen molar-refractivity contribution in [1.82, 2.24) is 15.6 Å². The molecule has 0 bridgehead atoms. The average molecular weight is 363 g/mol. The van der Waals surface area contributed by atoms with E-state index in [2.05, 4.69) is 21.7 Å². The number of nitrogens with one attached hydrogen (secondary N) is 3. The van der Waals surface area contributed by atoms with E-state index in [1.54, 1.807) is 24.3 Å². The topological polar surface area (TPSA) is 74.0 Å². The van der Waals surface area contributed by atoms with Gasteiger partial charge in [-0.25, -0.2) is 0 Å². The SMILES string of the molecule is CC(C)(C)NC(=O)c1ccc(C(=O)NCCc2c[nH]c3ccccc23)cc1. The molecule has 3 rings (SSSR count). The van der Waals surface area contributed by atoms with E-state index in [1.165, 1.54) is 10.9 Å². The molecular formula is C22H25N3O2. The van der Waals surface area contributed by atoms with E-state index in [-0.39, 0.29) is 17.4 Å². The maximum absolute atomic E-state index is 12.3. The van der Waals surface area contributed by atoms with Gasteiger partial charge in [0.2, 0.25) is 0 Å². The zero-order valence-electron chi connectivity index (χ0n) is 15.9. The number of hydrogen-bond acceptors (Lipinski definition) is 2. The summed E-state index contributed by atoms with van der Waals surface area (Å²) in [6, 6.07) is 14.8. The second kappa shape index (κ2) is 7.66. The van der Waals surface area contributed by atoms with Crippen molar-refractivity contribution < 1.29 is 9.59 Å². The summed E-state index contributed by atoms with van der Waals surface area (Å²) in [6.45, 7) is 6.34. The number of H-pyrrole nitrogens is 1. The first-order valence-electron chi connectivity index (χ1n) is 9.09. The lowest BCUT2D eigenvalue weighted by molar-refractivity contribution is 0.0915. The highest BCUT2D eigenvalue weighted by molar-refractivity contribution is 5.98.